The molecule has 0 saturated carbocycles. The van der Waals surface area contributed by atoms with E-state index >= 15 is 0 Å². The Morgan fingerprint density at radius 3 is 2.08 bits per heavy atom. The molecule has 0 spiro atoms. The lowest BCUT2D eigenvalue weighted by Gasteiger charge is -2.22. The molecule has 9 rings (SSSR count). The SMILES string of the molecule is CC1(C)c2cc3ccccc3cc2-c2cc3c(cc21)c1ccccc1n3-c1cccc2c1sc1ccccc12. The van der Waals surface area contributed by atoms with Crippen molar-refractivity contribution in [2.24, 2.45) is 0 Å². The van der Waals surface area contributed by atoms with E-state index < -0.39 is 0 Å². The molecule has 0 saturated heterocycles. The zero-order valence-corrected chi connectivity index (χ0v) is 22.6. The smallest absolute Gasteiger partial charge is 0.0640 e. The molecule has 0 atom stereocenters. The highest BCUT2D eigenvalue weighted by atomic mass is 32.1. The van der Waals surface area contributed by atoms with Crippen LogP contribution in [0.15, 0.2) is 115 Å². The van der Waals surface area contributed by atoms with Crippen LogP contribution in [0.1, 0.15) is 25.0 Å². The van der Waals surface area contributed by atoms with Gasteiger partial charge in [-0.3, -0.25) is 0 Å². The number of fused-ring (bicyclic) bond motifs is 10. The molecule has 1 aliphatic rings. The third kappa shape index (κ3) is 2.74. The van der Waals surface area contributed by atoms with E-state index in [0.29, 0.717) is 0 Å². The molecular weight excluding hydrogens is 490 g/mol. The van der Waals surface area contributed by atoms with Gasteiger partial charge in [-0.2, -0.15) is 0 Å². The quantitative estimate of drug-likeness (QED) is 0.205. The number of nitrogens with zero attached hydrogens (tertiary/aromatic N) is 1. The van der Waals surface area contributed by atoms with Crippen molar-refractivity contribution >= 4 is 64.1 Å². The summed E-state index contributed by atoms with van der Waals surface area (Å²) >= 11 is 1.90. The van der Waals surface area contributed by atoms with Crippen molar-refractivity contribution in [3.8, 4) is 16.8 Å². The van der Waals surface area contributed by atoms with Crippen molar-refractivity contribution in [2.45, 2.75) is 19.3 Å². The average molecular weight is 516 g/mol. The van der Waals surface area contributed by atoms with Crippen LogP contribution in [0.2, 0.25) is 0 Å². The standard InChI is InChI=1S/C37H25NS/c1-37(2)30-19-23-11-4-3-10-22(23)18-27(30)28-21-34-29(20-31(28)37)24-12-5-7-15-32(24)38(34)33-16-9-14-26-25-13-6-8-17-35(25)39-36(26)33/h3-21H,1-2H3. The molecule has 0 aliphatic heterocycles. The van der Waals surface area contributed by atoms with Gasteiger partial charge in [-0.25, -0.2) is 0 Å². The van der Waals surface area contributed by atoms with Gasteiger partial charge in [0, 0.05) is 31.7 Å². The van der Waals surface area contributed by atoms with Crippen LogP contribution >= 0.6 is 11.3 Å². The summed E-state index contributed by atoms with van der Waals surface area (Å²) in [5.74, 6) is 0. The number of benzene rings is 6. The normalized spacial score (nSPS) is 14.1. The lowest BCUT2D eigenvalue weighted by molar-refractivity contribution is 0.662. The molecule has 0 N–H and O–H groups in total. The maximum atomic E-state index is 2.51. The third-order valence-corrected chi connectivity index (χ3v) is 10.2. The Morgan fingerprint density at radius 1 is 0.538 bits per heavy atom. The minimum atomic E-state index is -0.0580. The summed E-state index contributed by atoms with van der Waals surface area (Å²) in [5, 5.41) is 7.92. The van der Waals surface area contributed by atoms with Crippen LogP contribution in [0.4, 0.5) is 0 Å². The average Bonchev–Trinajstić information content (AvgIpc) is 3.57. The summed E-state index contributed by atoms with van der Waals surface area (Å²) in [5.41, 5.74) is 9.31. The fourth-order valence-electron chi connectivity index (χ4n) is 7.05. The zero-order valence-electron chi connectivity index (χ0n) is 21.8. The fourth-order valence-corrected chi connectivity index (χ4v) is 8.25. The number of hydrogen-bond donors (Lipinski definition) is 0. The predicted molar refractivity (Wildman–Crippen MR) is 169 cm³/mol. The second-order valence-corrected chi connectivity index (χ2v) is 12.4. The fraction of sp³-hybridized carbons (Fsp3) is 0.0811. The van der Waals surface area contributed by atoms with Gasteiger partial charge in [-0.1, -0.05) is 86.6 Å². The molecular formula is C37H25NS. The van der Waals surface area contributed by atoms with Gasteiger partial charge < -0.3 is 4.57 Å². The van der Waals surface area contributed by atoms with Gasteiger partial charge in [-0.05, 0) is 75.5 Å². The van der Waals surface area contributed by atoms with Crippen LogP contribution in [-0.4, -0.2) is 4.57 Å². The van der Waals surface area contributed by atoms with Crippen LogP contribution in [-0.2, 0) is 5.41 Å². The minimum Gasteiger partial charge on any atom is -0.308 e. The van der Waals surface area contributed by atoms with Crippen LogP contribution in [0.25, 0.3) is 69.6 Å². The maximum Gasteiger partial charge on any atom is 0.0640 e. The number of para-hydroxylation sites is 1. The van der Waals surface area contributed by atoms with Gasteiger partial charge in [0.1, 0.15) is 0 Å². The summed E-state index contributed by atoms with van der Waals surface area (Å²) in [6.07, 6.45) is 0. The van der Waals surface area contributed by atoms with Crippen molar-refractivity contribution in [1.82, 2.24) is 4.57 Å². The number of rotatable bonds is 1. The molecule has 0 amide bonds. The van der Waals surface area contributed by atoms with Crippen LogP contribution in [0.5, 0.6) is 0 Å². The molecule has 0 bridgehead atoms. The molecule has 0 radical (unpaired) electrons. The summed E-state index contributed by atoms with van der Waals surface area (Å²) in [7, 11) is 0. The Balaban J connectivity index is 1.43. The predicted octanol–water partition coefficient (Wildman–Crippen LogP) is 10.6. The van der Waals surface area contributed by atoms with Crippen molar-refractivity contribution in [1.29, 1.82) is 0 Å². The monoisotopic (exact) mass is 515 g/mol. The number of thiophene rings is 1. The summed E-state index contributed by atoms with van der Waals surface area (Å²) in [6.45, 7) is 4.77. The largest absolute Gasteiger partial charge is 0.308 e. The van der Waals surface area contributed by atoms with Crippen molar-refractivity contribution < 1.29 is 0 Å². The van der Waals surface area contributed by atoms with E-state index in [4.69, 9.17) is 0 Å². The first-order valence-corrected chi connectivity index (χ1v) is 14.4. The van der Waals surface area contributed by atoms with E-state index in [1.165, 1.54) is 80.7 Å². The van der Waals surface area contributed by atoms with Gasteiger partial charge in [0.25, 0.3) is 0 Å². The van der Waals surface area contributed by atoms with Gasteiger partial charge >= 0.3 is 0 Å². The van der Waals surface area contributed by atoms with E-state index in [2.05, 4.69) is 134 Å². The zero-order chi connectivity index (χ0) is 25.9. The van der Waals surface area contributed by atoms with E-state index in [0.717, 1.165) is 0 Å². The molecule has 0 fully saturated rings. The molecule has 6 aromatic carbocycles. The van der Waals surface area contributed by atoms with E-state index in [1.54, 1.807) is 0 Å². The first-order chi connectivity index (χ1) is 19.1. The molecule has 39 heavy (non-hydrogen) atoms. The van der Waals surface area contributed by atoms with E-state index in [1.807, 2.05) is 11.3 Å². The Labute approximate surface area is 230 Å². The number of aromatic nitrogens is 1. The highest BCUT2D eigenvalue weighted by molar-refractivity contribution is 7.26. The van der Waals surface area contributed by atoms with Crippen LogP contribution in [0, 0.1) is 0 Å². The Bertz CT molecular complexity index is 2310. The highest BCUT2D eigenvalue weighted by Gasteiger charge is 2.36. The molecule has 8 aromatic rings. The topological polar surface area (TPSA) is 4.93 Å². The summed E-state index contributed by atoms with van der Waals surface area (Å²) in [6, 6.07) is 43.0. The molecule has 0 unspecified atom stereocenters. The van der Waals surface area contributed by atoms with Crippen molar-refractivity contribution in [3.05, 3.63) is 126 Å². The second-order valence-electron chi connectivity index (χ2n) is 11.4. The van der Waals surface area contributed by atoms with Gasteiger partial charge in [0.05, 0.1) is 21.4 Å². The lowest BCUT2D eigenvalue weighted by Crippen LogP contribution is -2.14. The Hall–Kier alpha value is -4.40. The lowest BCUT2D eigenvalue weighted by atomic mass is 9.81. The maximum absolute atomic E-state index is 2.51. The van der Waals surface area contributed by atoms with Crippen LogP contribution in [0.3, 0.4) is 0 Å². The third-order valence-electron chi connectivity index (χ3n) is 8.96. The van der Waals surface area contributed by atoms with Crippen LogP contribution < -0.4 is 0 Å². The molecule has 184 valence electrons. The van der Waals surface area contributed by atoms with Gasteiger partial charge in [0.2, 0.25) is 0 Å². The molecule has 2 heterocycles. The molecule has 1 aliphatic carbocycles. The van der Waals surface area contributed by atoms with Crippen molar-refractivity contribution in [3.63, 3.8) is 0 Å². The number of hydrogen-bond acceptors (Lipinski definition) is 1. The Morgan fingerprint density at radius 2 is 1.21 bits per heavy atom. The Kier molecular flexibility index (Phi) is 4.07. The molecule has 2 aromatic heterocycles. The summed E-state index contributed by atoms with van der Waals surface area (Å²) < 4.78 is 5.19. The van der Waals surface area contributed by atoms with Gasteiger partial charge in [0.15, 0.2) is 0 Å². The highest BCUT2D eigenvalue weighted by Crippen LogP contribution is 2.52. The van der Waals surface area contributed by atoms with E-state index in [-0.39, 0.29) is 5.41 Å². The molecule has 1 nitrogen and oxygen atoms in total. The second kappa shape index (κ2) is 7.37. The first-order valence-electron chi connectivity index (χ1n) is 13.6. The summed E-state index contributed by atoms with van der Waals surface area (Å²) in [4.78, 5) is 0. The van der Waals surface area contributed by atoms with E-state index in [9.17, 15) is 0 Å². The van der Waals surface area contributed by atoms with Gasteiger partial charge in [-0.15, -0.1) is 11.3 Å². The first kappa shape index (κ1) is 21.5. The molecule has 2 heteroatoms. The van der Waals surface area contributed by atoms with Crippen molar-refractivity contribution in [2.75, 3.05) is 0 Å². The minimum absolute atomic E-state index is 0.0580.